The van der Waals surface area contributed by atoms with Gasteiger partial charge in [0.25, 0.3) is 0 Å². The van der Waals surface area contributed by atoms with Crippen LogP contribution in [0.15, 0.2) is 0 Å². The van der Waals surface area contributed by atoms with Crippen molar-refractivity contribution in [3.05, 3.63) is 0 Å². The van der Waals surface area contributed by atoms with E-state index >= 15 is 0 Å². The van der Waals surface area contributed by atoms with Crippen molar-refractivity contribution < 1.29 is 0 Å². The van der Waals surface area contributed by atoms with Crippen LogP contribution in [0.1, 0.15) is 25.7 Å². The lowest BCUT2D eigenvalue weighted by atomic mass is 9.92. The molecule has 3 aliphatic rings. The molecular weight excluding hydrogens is 179 g/mol. The van der Waals surface area contributed by atoms with Gasteiger partial charge in [-0.05, 0) is 50.1 Å². The van der Waals surface area contributed by atoms with Gasteiger partial charge in [-0.3, -0.25) is 0 Å². The summed E-state index contributed by atoms with van der Waals surface area (Å²) < 4.78 is 0. The maximum Gasteiger partial charge on any atom is 0.0292 e. The molecule has 3 rings (SSSR count). The van der Waals surface area contributed by atoms with Crippen LogP contribution in [0.2, 0.25) is 0 Å². The molecule has 0 aromatic heterocycles. The largest absolute Gasteiger partial charge is 0.312 e. The highest BCUT2D eigenvalue weighted by atomic mass is 31.1. The third-order valence-electron chi connectivity index (χ3n) is 3.83. The first kappa shape index (κ1) is 8.64. The van der Waals surface area contributed by atoms with E-state index in [2.05, 4.69) is 10.6 Å². The van der Waals surface area contributed by atoms with Crippen LogP contribution in [0.4, 0.5) is 0 Å². The molecule has 0 spiro atoms. The number of fused-ring (bicyclic) bond motifs is 3. The summed E-state index contributed by atoms with van der Waals surface area (Å²) in [6, 6.07) is 1.66. The molecule has 0 aliphatic carbocycles. The number of nitrogens with one attached hydrogen (secondary N) is 2. The quantitative estimate of drug-likeness (QED) is 0.566. The average Bonchev–Trinajstić information content (AvgIpc) is 2.56. The average molecular weight is 198 g/mol. The molecule has 2 nitrogen and oxygen atoms in total. The van der Waals surface area contributed by atoms with Gasteiger partial charge in [0.2, 0.25) is 0 Å². The van der Waals surface area contributed by atoms with Gasteiger partial charge in [0.15, 0.2) is 0 Å². The van der Waals surface area contributed by atoms with Crippen LogP contribution in [0.3, 0.4) is 0 Å². The SMILES string of the molecule is C1CNC2C(C1)PC1CCCNC12. The summed E-state index contributed by atoms with van der Waals surface area (Å²) in [5, 5.41) is 7.45. The third-order valence-corrected chi connectivity index (χ3v) is 5.98. The third kappa shape index (κ3) is 1.44. The number of piperidine rings is 2. The summed E-state index contributed by atoms with van der Waals surface area (Å²) in [6.45, 7) is 2.52. The highest BCUT2D eigenvalue weighted by molar-refractivity contribution is 7.40. The van der Waals surface area contributed by atoms with E-state index in [0.29, 0.717) is 0 Å². The van der Waals surface area contributed by atoms with Crippen LogP contribution in [-0.2, 0) is 0 Å². The van der Waals surface area contributed by atoms with Gasteiger partial charge >= 0.3 is 0 Å². The zero-order chi connectivity index (χ0) is 8.67. The van der Waals surface area contributed by atoms with E-state index in [4.69, 9.17) is 0 Å². The molecule has 4 unspecified atom stereocenters. The van der Waals surface area contributed by atoms with Gasteiger partial charge in [0.05, 0.1) is 0 Å². The highest BCUT2D eigenvalue weighted by Gasteiger charge is 2.44. The van der Waals surface area contributed by atoms with Crippen molar-refractivity contribution in [3.63, 3.8) is 0 Å². The Balaban J connectivity index is 1.76. The van der Waals surface area contributed by atoms with E-state index in [1.807, 2.05) is 0 Å². The summed E-state index contributed by atoms with van der Waals surface area (Å²) in [6.07, 6.45) is 5.80. The van der Waals surface area contributed by atoms with Gasteiger partial charge in [-0.25, -0.2) is 0 Å². The second kappa shape index (κ2) is 3.49. The van der Waals surface area contributed by atoms with Crippen LogP contribution >= 0.6 is 8.58 Å². The number of hydrogen-bond donors (Lipinski definition) is 2. The fraction of sp³-hybridized carbons (Fsp3) is 1.00. The molecule has 0 radical (unpaired) electrons. The first-order valence-electron chi connectivity index (χ1n) is 5.68. The van der Waals surface area contributed by atoms with Gasteiger partial charge < -0.3 is 10.6 Å². The van der Waals surface area contributed by atoms with Crippen LogP contribution in [-0.4, -0.2) is 36.5 Å². The lowest BCUT2D eigenvalue weighted by molar-refractivity contribution is 0.306. The second-order valence-electron chi connectivity index (χ2n) is 4.62. The smallest absolute Gasteiger partial charge is 0.0292 e. The minimum absolute atomic E-state index is 0.831. The monoisotopic (exact) mass is 198 g/mol. The van der Waals surface area contributed by atoms with E-state index < -0.39 is 0 Å². The Morgan fingerprint density at radius 1 is 0.846 bits per heavy atom. The minimum atomic E-state index is 0.831. The molecule has 0 bridgehead atoms. The van der Waals surface area contributed by atoms with Crippen LogP contribution in [0, 0.1) is 0 Å². The highest BCUT2D eigenvalue weighted by Crippen LogP contribution is 2.46. The zero-order valence-electron chi connectivity index (χ0n) is 8.05. The zero-order valence-corrected chi connectivity index (χ0v) is 9.05. The molecule has 3 fully saturated rings. The topological polar surface area (TPSA) is 24.1 Å². The first-order chi connectivity index (χ1) is 6.45. The molecule has 0 aromatic carbocycles. The molecule has 74 valence electrons. The molecule has 0 amide bonds. The Labute approximate surface area is 82.0 Å². The fourth-order valence-corrected chi connectivity index (χ4v) is 5.59. The summed E-state index contributed by atoms with van der Waals surface area (Å²) in [5.74, 6) is 0. The Kier molecular flexibility index (Phi) is 2.32. The molecule has 0 aromatic rings. The van der Waals surface area contributed by atoms with E-state index in [-0.39, 0.29) is 0 Å². The van der Waals surface area contributed by atoms with Crippen LogP contribution in [0.25, 0.3) is 0 Å². The molecule has 2 N–H and O–H groups in total. The van der Waals surface area contributed by atoms with E-state index in [0.717, 1.165) is 23.4 Å². The predicted octanol–water partition coefficient (Wildman–Crippen LogP) is 0.920. The molecule has 4 atom stereocenters. The Morgan fingerprint density at radius 2 is 1.38 bits per heavy atom. The van der Waals surface area contributed by atoms with Crippen molar-refractivity contribution in [3.8, 4) is 0 Å². The Morgan fingerprint density at radius 3 is 1.92 bits per heavy atom. The van der Waals surface area contributed by atoms with Gasteiger partial charge in [-0.1, -0.05) is 0 Å². The van der Waals surface area contributed by atoms with Gasteiger partial charge in [0, 0.05) is 12.1 Å². The standard InChI is InChI=1S/C10H19N2P/c1-3-7-9(11-5-1)10-8(13-7)4-2-6-12-10/h7-13H,1-6H2. The van der Waals surface area contributed by atoms with Crippen molar-refractivity contribution >= 4 is 8.58 Å². The van der Waals surface area contributed by atoms with Gasteiger partial charge in [-0.15, -0.1) is 8.58 Å². The van der Waals surface area contributed by atoms with Crippen LogP contribution < -0.4 is 10.6 Å². The summed E-state index contributed by atoms with van der Waals surface area (Å²) in [5.41, 5.74) is 2.05. The fourth-order valence-electron chi connectivity index (χ4n) is 3.23. The van der Waals surface area contributed by atoms with Gasteiger partial charge in [-0.2, -0.15) is 0 Å². The summed E-state index contributed by atoms with van der Waals surface area (Å²) in [7, 11) is 1.24. The number of hydrogen-bond acceptors (Lipinski definition) is 2. The summed E-state index contributed by atoms with van der Waals surface area (Å²) >= 11 is 0. The summed E-state index contributed by atoms with van der Waals surface area (Å²) in [4.78, 5) is 0. The lowest BCUT2D eigenvalue weighted by Crippen LogP contribution is -2.55. The first-order valence-corrected chi connectivity index (χ1v) is 6.83. The van der Waals surface area contributed by atoms with Crippen molar-refractivity contribution in [1.82, 2.24) is 10.6 Å². The number of rotatable bonds is 0. The van der Waals surface area contributed by atoms with Crippen molar-refractivity contribution in [2.75, 3.05) is 13.1 Å². The molecule has 3 heterocycles. The molecule has 3 heteroatoms. The van der Waals surface area contributed by atoms with E-state index in [1.165, 1.54) is 47.4 Å². The molecular formula is C10H19N2P. The van der Waals surface area contributed by atoms with Crippen molar-refractivity contribution in [2.24, 2.45) is 0 Å². The maximum absolute atomic E-state index is 3.72. The molecule has 3 aliphatic heterocycles. The van der Waals surface area contributed by atoms with E-state index in [9.17, 15) is 0 Å². The van der Waals surface area contributed by atoms with Gasteiger partial charge in [0.1, 0.15) is 0 Å². The Hall–Kier alpha value is 0.350. The molecule has 3 saturated heterocycles. The van der Waals surface area contributed by atoms with Crippen molar-refractivity contribution in [1.29, 1.82) is 0 Å². The normalized spacial score (nSPS) is 51.7. The Bertz CT molecular complexity index is 177. The molecule has 13 heavy (non-hydrogen) atoms. The van der Waals surface area contributed by atoms with Crippen molar-refractivity contribution in [2.45, 2.75) is 49.1 Å². The second-order valence-corrected chi connectivity index (χ2v) is 6.44. The maximum atomic E-state index is 3.72. The molecule has 0 saturated carbocycles. The van der Waals surface area contributed by atoms with Crippen LogP contribution in [0.5, 0.6) is 0 Å². The van der Waals surface area contributed by atoms with E-state index in [1.54, 1.807) is 0 Å². The predicted molar refractivity (Wildman–Crippen MR) is 57.9 cm³/mol. The minimum Gasteiger partial charge on any atom is -0.312 e. The lowest BCUT2D eigenvalue weighted by Gasteiger charge is -2.33.